The van der Waals surface area contributed by atoms with Crippen molar-refractivity contribution in [3.8, 4) is 0 Å². The van der Waals surface area contributed by atoms with Gasteiger partial charge in [0.1, 0.15) is 0 Å². The van der Waals surface area contributed by atoms with Crippen LogP contribution in [0.3, 0.4) is 0 Å². The second-order valence-electron chi connectivity index (χ2n) is 9.16. The first-order valence-electron chi connectivity index (χ1n) is 11.2. The maximum atomic E-state index is 13.1. The summed E-state index contributed by atoms with van der Waals surface area (Å²) < 4.78 is 2.08. The van der Waals surface area contributed by atoms with Crippen LogP contribution in [-0.4, -0.2) is 33.4 Å². The molecule has 1 saturated heterocycles. The summed E-state index contributed by atoms with van der Waals surface area (Å²) in [5.74, 6) is 1.05. The summed E-state index contributed by atoms with van der Waals surface area (Å²) in [4.78, 5) is 31.2. The number of likely N-dealkylation sites (tertiary alicyclic amines) is 1. The topological polar surface area (TPSA) is 58.1 Å². The highest BCUT2D eigenvalue weighted by atomic mass is 32.1. The molecule has 1 amide bonds. The molecule has 2 aromatic rings. The summed E-state index contributed by atoms with van der Waals surface area (Å²) in [6.45, 7) is 6.56. The van der Waals surface area contributed by atoms with Gasteiger partial charge >= 0.3 is 0 Å². The number of nitrogens with zero attached hydrogens (tertiary/aromatic N) is 2. The number of aromatic amines is 1. The van der Waals surface area contributed by atoms with Crippen LogP contribution in [0.15, 0.2) is 34.6 Å². The Morgan fingerprint density at radius 1 is 1.20 bits per heavy atom. The van der Waals surface area contributed by atoms with E-state index in [1.54, 1.807) is 22.8 Å². The monoisotopic (exact) mass is 425 g/mol. The Hall–Kier alpha value is -2.21. The van der Waals surface area contributed by atoms with Crippen molar-refractivity contribution in [1.82, 2.24) is 14.5 Å². The molecule has 30 heavy (non-hydrogen) atoms. The second kappa shape index (κ2) is 8.88. The molecular formula is C24H31N3O2S. The predicted octanol–water partition coefficient (Wildman–Crippen LogP) is 5.07. The Balaban J connectivity index is 1.59. The average molecular weight is 426 g/mol. The van der Waals surface area contributed by atoms with Gasteiger partial charge in [-0.15, -0.1) is 0 Å². The molecule has 160 valence electrons. The third-order valence-corrected chi connectivity index (χ3v) is 6.75. The Bertz CT molecular complexity index is 1090. The van der Waals surface area contributed by atoms with Crippen molar-refractivity contribution >= 4 is 29.0 Å². The Kier molecular flexibility index (Phi) is 6.23. The summed E-state index contributed by atoms with van der Waals surface area (Å²) in [5.41, 5.74) is 2.60. The number of H-pyrrole nitrogens is 1. The van der Waals surface area contributed by atoms with Crippen LogP contribution in [0.2, 0.25) is 0 Å². The lowest BCUT2D eigenvalue weighted by Crippen LogP contribution is -2.42. The molecular weight excluding hydrogens is 394 g/mol. The molecule has 5 nitrogen and oxygen atoms in total. The normalized spacial score (nSPS) is 22.2. The highest BCUT2D eigenvalue weighted by Gasteiger charge is 2.26. The van der Waals surface area contributed by atoms with E-state index in [0.717, 1.165) is 38.8 Å². The smallest absolute Gasteiger partial charge is 0.262 e. The number of aromatic nitrogens is 2. The second-order valence-corrected chi connectivity index (χ2v) is 9.55. The van der Waals surface area contributed by atoms with Crippen molar-refractivity contribution < 1.29 is 4.79 Å². The van der Waals surface area contributed by atoms with Gasteiger partial charge in [0.05, 0.1) is 10.9 Å². The molecule has 1 N–H and O–H groups in total. The maximum Gasteiger partial charge on any atom is 0.262 e. The van der Waals surface area contributed by atoms with Crippen molar-refractivity contribution in [2.45, 2.75) is 58.9 Å². The summed E-state index contributed by atoms with van der Waals surface area (Å²) >= 11 is 5.49. The molecule has 4 rings (SSSR count). The number of piperidine rings is 1. The zero-order valence-electron chi connectivity index (χ0n) is 17.9. The van der Waals surface area contributed by atoms with E-state index in [1.807, 2.05) is 4.90 Å². The van der Waals surface area contributed by atoms with Gasteiger partial charge in [0.25, 0.3) is 11.5 Å². The van der Waals surface area contributed by atoms with Gasteiger partial charge < -0.3 is 9.88 Å². The third kappa shape index (κ3) is 4.43. The molecule has 0 bridgehead atoms. The number of carbonyl (C=O) groups is 1. The predicted molar refractivity (Wildman–Crippen MR) is 123 cm³/mol. The van der Waals surface area contributed by atoms with Crippen molar-refractivity contribution in [3.05, 3.63) is 50.5 Å². The fourth-order valence-corrected chi connectivity index (χ4v) is 5.27. The summed E-state index contributed by atoms with van der Waals surface area (Å²) in [7, 11) is 0. The van der Waals surface area contributed by atoms with Gasteiger partial charge in [-0.2, -0.15) is 0 Å². The highest BCUT2D eigenvalue weighted by Crippen LogP contribution is 2.24. The number of carbonyl (C=O) groups excluding carboxylic acids is 1. The van der Waals surface area contributed by atoms with E-state index in [2.05, 4.69) is 24.9 Å². The van der Waals surface area contributed by atoms with E-state index in [9.17, 15) is 9.59 Å². The number of rotatable bonds is 4. The maximum absolute atomic E-state index is 13.1. The van der Waals surface area contributed by atoms with Gasteiger partial charge in [0.15, 0.2) is 4.77 Å². The lowest BCUT2D eigenvalue weighted by Gasteiger charge is -2.35. The van der Waals surface area contributed by atoms with E-state index in [-0.39, 0.29) is 11.5 Å². The SMILES string of the molecule is C[C@@H]1C[C@H](C)CN(C(=O)c2ccc3c(=O)n(CCC4=CCCCC4)c(=S)[nH]c3c2)C1. The molecule has 2 heterocycles. The number of hydrogen-bond acceptors (Lipinski definition) is 3. The first kappa shape index (κ1) is 21.0. The van der Waals surface area contributed by atoms with Crippen LogP contribution in [0.25, 0.3) is 10.9 Å². The van der Waals surface area contributed by atoms with Crippen molar-refractivity contribution in [2.75, 3.05) is 13.1 Å². The number of allylic oxidation sites excluding steroid dienone is 2. The number of fused-ring (bicyclic) bond motifs is 1. The molecule has 0 spiro atoms. The minimum atomic E-state index is -0.0793. The van der Waals surface area contributed by atoms with Gasteiger partial charge in [-0.1, -0.05) is 25.5 Å². The van der Waals surface area contributed by atoms with Gasteiger partial charge in [-0.05, 0) is 80.8 Å². The number of hydrogen-bond donors (Lipinski definition) is 1. The van der Waals surface area contributed by atoms with Crippen LogP contribution >= 0.6 is 12.2 Å². The minimum Gasteiger partial charge on any atom is -0.338 e. The largest absolute Gasteiger partial charge is 0.338 e. The van der Waals surface area contributed by atoms with Gasteiger partial charge in [0, 0.05) is 25.2 Å². The first-order valence-corrected chi connectivity index (χ1v) is 11.6. The molecule has 1 aliphatic carbocycles. The van der Waals surface area contributed by atoms with Crippen LogP contribution in [0.4, 0.5) is 0 Å². The molecule has 1 aromatic heterocycles. The number of benzene rings is 1. The van der Waals surface area contributed by atoms with Crippen LogP contribution in [0.5, 0.6) is 0 Å². The summed E-state index contributed by atoms with van der Waals surface area (Å²) in [6.07, 6.45) is 9.09. The third-order valence-electron chi connectivity index (χ3n) is 6.43. The molecule has 0 unspecified atom stereocenters. The molecule has 0 saturated carbocycles. The lowest BCUT2D eigenvalue weighted by molar-refractivity contribution is 0.0623. The average Bonchev–Trinajstić information content (AvgIpc) is 2.72. The van der Waals surface area contributed by atoms with E-state index in [0.29, 0.717) is 39.6 Å². The first-order chi connectivity index (χ1) is 14.4. The summed E-state index contributed by atoms with van der Waals surface area (Å²) in [6, 6.07) is 5.33. The molecule has 2 aliphatic rings. The fraction of sp³-hybridized carbons (Fsp3) is 0.542. The van der Waals surface area contributed by atoms with Gasteiger partial charge in [-0.25, -0.2) is 0 Å². The summed E-state index contributed by atoms with van der Waals surface area (Å²) in [5, 5.41) is 0.582. The van der Waals surface area contributed by atoms with E-state index in [1.165, 1.54) is 18.4 Å². The Morgan fingerprint density at radius 2 is 1.97 bits per heavy atom. The van der Waals surface area contributed by atoms with E-state index >= 15 is 0 Å². The molecule has 1 aliphatic heterocycles. The zero-order chi connectivity index (χ0) is 21.3. The van der Waals surface area contributed by atoms with Crippen LogP contribution in [0.1, 0.15) is 62.7 Å². The molecule has 1 fully saturated rings. The highest BCUT2D eigenvalue weighted by molar-refractivity contribution is 7.71. The van der Waals surface area contributed by atoms with E-state index < -0.39 is 0 Å². The fourth-order valence-electron chi connectivity index (χ4n) is 4.99. The van der Waals surface area contributed by atoms with E-state index in [4.69, 9.17) is 12.2 Å². The van der Waals surface area contributed by atoms with Crippen LogP contribution < -0.4 is 5.56 Å². The molecule has 1 aromatic carbocycles. The molecule has 6 heteroatoms. The molecule has 0 radical (unpaired) electrons. The lowest BCUT2D eigenvalue weighted by atomic mass is 9.91. The Morgan fingerprint density at radius 3 is 2.67 bits per heavy atom. The minimum absolute atomic E-state index is 0.0306. The van der Waals surface area contributed by atoms with Gasteiger partial charge in [-0.3, -0.25) is 14.2 Å². The van der Waals surface area contributed by atoms with Crippen molar-refractivity contribution in [1.29, 1.82) is 0 Å². The number of amides is 1. The van der Waals surface area contributed by atoms with Crippen LogP contribution in [0, 0.1) is 16.6 Å². The molecule has 2 atom stereocenters. The standard InChI is InChI=1S/C24H31N3O2S/c1-16-12-17(2)15-26(14-16)22(28)19-8-9-20-21(13-19)25-24(30)27(23(20)29)11-10-18-6-4-3-5-7-18/h6,8-9,13,16-17H,3-5,7,10-12,14-15H2,1-2H3,(H,25,30)/t16-,17+. The zero-order valence-corrected chi connectivity index (χ0v) is 18.8. The van der Waals surface area contributed by atoms with Crippen LogP contribution in [-0.2, 0) is 6.54 Å². The quantitative estimate of drug-likeness (QED) is 0.550. The van der Waals surface area contributed by atoms with Crippen molar-refractivity contribution in [3.63, 3.8) is 0 Å². The number of nitrogens with one attached hydrogen (secondary N) is 1. The van der Waals surface area contributed by atoms with Gasteiger partial charge in [0.2, 0.25) is 0 Å². The Labute approximate surface area is 182 Å². The van der Waals surface area contributed by atoms with Crippen molar-refractivity contribution in [2.24, 2.45) is 11.8 Å².